The average molecular weight is 311 g/mol. The van der Waals surface area contributed by atoms with Crippen molar-refractivity contribution in [1.29, 1.82) is 0 Å². The molecule has 1 atom stereocenters. The molecule has 0 aliphatic rings. The maximum atomic E-state index is 11.8. The van der Waals surface area contributed by atoms with Gasteiger partial charge in [-0.3, -0.25) is 9.59 Å². The molecule has 0 fully saturated rings. The summed E-state index contributed by atoms with van der Waals surface area (Å²) in [7, 11) is 1.48. The van der Waals surface area contributed by atoms with Crippen LogP contribution in [0.5, 0.6) is 0 Å². The topological polar surface area (TPSA) is 61.8 Å². The molecule has 0 saturated heterocycles. The Morgan fingerprint density at radius 2 is 1.88 bits per heavy atom. The molecular formula is C11H19BrO5. The first-order valence-electron chi connectivity index (χ1n) is 5.32. The molecule has 17 heavy (non-hydrogen) atoms. The zero-order valence-electron chi connectivity index (χ0n) is 10.5. The Kier molecular flexibility index (Phi) is 8.16. The number of carbonyl (C=O) groups is 2. The summed E-state index contributed by atoms with van der Waals surface area (Å²) < 4.78 is 14.9. The Bertz CT molecular complexity index is 256. The van der Waals surface area contributed by atoms with Crippen LogP contribution >= 0.6 is 15.9 Å². The second-order valence-electron chi connectivity index (χ2n) is 3.95. The fourth-order valence-corrected chi connectivity index (χ4v) is 1.36. The normalized spacial score (nSPS) is 13.9. The van der Waals surface area contributed by atoms with E-state index in [0.29, 0.717) is 6.61 Å². The van der Waals surface area contributed by atoms with Gasteiger partial charge in [0.1, 0.15) is 12.0 Å². The van der Waals surface area contributed by atoms with Crippen LogP contribution in [-0.4, -0.2) is 44.2 Å². The quantitative estimate of drug-likeness (QED) is 0.386. The van der Waals surface area contributed by atoms with Gasteiger partial charge in [-0.2, -0.15) is 0 Å². The molecule has 0 heterocycles. The van der Waals surface area contributed by atoms with Gasteiger partial charge in [0.2, 0.25) is 0 Å². The zero-order valence-corrected chi connectivity index (χ0v) is 12.0. The van der Waals surface area contributed by atoms with E-state index < -0.39 is 17.4 Å². The van der Waals surface area contributed by atoms with Crippen molar-refractivity contribution in [2.45, 2.75) is 20.3 Å². The minimum absolute atomic E-state index is 0.0384. The Morgan fingerprint density at radius 3 is 2.35 bits per heavy atom. The number of carbonyl (C=O) groups excluding carboxylic acids is 2. The third-order valence-electron chi connectivity index (χ3n) is 2.06. The van der Waals surface area contributed by atoms with Gasteiger partial charge < -0.3 is 14.2 Å². The fourth-order valence-electron chi connectivity index (χ4n) is 1.13. The van der Waals surface area contributed by atoms with E-state index in [1.165, 1.54) is 14.0 Å². The van der Waals surface area contributed by atoms with E-state index >= 15 is 0 Å². The van der Waals surface area contributed by atoms with E-state index in [-0.39, 0.29) is 13.2 Å². The number of hydrogen-bond acceptors (Lipinski definition) is 5. The summed E-state index contributed by atoms with van der Waals surface area (Å²) >= 11 is 3.25. The zero-order chi connectivity index (χ0) is 13.3. The summed E-state index contributed by atoms with van der Waals surface area (Å²) in [6.07, 6.45) is 0.738. The summed E-state index contributed by atoms with van der Waals surface area (Å²) in [6.45, 7) is 3.39. The van der Waals surface area contributed by atoms with Crippen molar-refractivity contribution < 1.29 is 23.8 Å². The second-order valence-corrected chi connectivity index (χ2v) is 4.75. The van der Waals surface area contributed by atoms with Crippen LogP contribution in [-0.2, 0) is 23.8 Å². The lowest BCUT2D eigenvalue weighted by molar-refractivity contribution is -0.165. The number of alkyl halides is 1. The van der Waals surface area contributed by atoms with Crippen molar-refractivity contribution in [3.8, 4) is 0 Å². The van der Waals surface area contributed by atoms with Crippen LogP contribution in [0.15, 0.2) is 0 Å². The summed E-state index contributed by atoms with van der Waals surface area (Å²) in [5.74, 6) is -0.845. The molecular weight excluding hydrogens is 292 g/mol. The monoisotopic (exact) mass is 310 g/mol. The molecule has 0 spiro atoms. The largest absolute Gasteiger partial charge is 0.465 e. The van der Waals surface area contributed by atoms with Gasteiger partial charge in [-0.1, -0.05) is 15.9 Å². The van der Waals surface area contributed by atoms with Gasteiger partial charge in [0.15, 0.2) is 0 Å². The highest BCUT2D eigenvalue weighted by Gasteiger charge is 2.36. The van der Waals surface area contributed by atoms with Crippen molar-refractivity contribution in [2.75, 3.05) is 32.3 Å². The minimum Gasteiger partial charge on any atom is -0.465 e. The van der Waals surface area contributed by atoms with E-state index in [9.17, 15) is 9.59 Å². The molecule has 0 rings (SSSR count). The molecule has 0 aromatic heterocycles. The highest BCUT2D eigenvalue weighted by molar-refractivity contribution is 9.09. The summed E-state index contributed by atoms with van der Waals surface area (Å²) in [5.41, 5.74) is -0.952. The smallest absolute Gasteiger partial charge is 0.317 e. The number of hydrogen-bond donors (Lipinski definition) is 0. The molecule has 0 aliphatic carbocycles. The predicted molar refractivity (Wildman–Crippen MR) is 66.0 cm³/mol. The van der Waals surface area contributed by atoms with Gasteiger partial charge >= 0.3 is 11.9 Å². The molecule has 0 saturated carbocycles. The van der Waals surface area contributed by atoms with Gasteiger partial charge in [0, 0.05) is 19.4 Å². The second kappa shape index (κ2) is 8.47. The summed E-state index contributed by atoms with van der Waals surface area (Å²) in [6, 6.07) is 0. The highest BCUT2D eigenvalue weighted by Crippen LogP contribution is 2.20. The minimum atomic E-state index is -0.952. The van der Waals surface area contributed by atoms with Crippen LogP contribution in [0.4, 0.5) is 0 Å². The number of methoxy groups -OCH3 is 1. The molecule has 1 unspecified atom stereocenters. The molecule has 0 bridgehead atoms. The van der Waals surface area contributed by atoms with Gasteiger partial charge in [0.05, 0.1) is 13.2 Å². The Labute approximate surface area is 110 Å². The highest BCUT2D eigenvalue weighted by atomic mass is 79.9. The van der Waals surface area contributed by atoms with Crippen molar-refractivity contribution >= 4 is 27.9 Å². The average Bonchev–Trinajstić information content (AvgIpc) is 2.27. The number of rotatable bonds is 8. The molecule has 0 aromatic rings. The maximum absolute atomic E-state index is 11.8. The Hall–Kier alpha value is -0.620. The number of esters is 2. The summed E-state index contributed by atoms with van der Waals surface area (Å²) in [4.78, 5) is 22.6. The first kappa shape index (κ1) is 16.4. The fraction of sp³-hybridized carbons (Fsp3) is 0.818. The number of ether oxygens (including phenoxy) is 3. The summed E-state index contributed by atoms with van der Waals surface area (Å²) in [5, 5.41) is 0.769. The molecule has 0 amide bonds. The van der Waals surface area contributed by atoms with E-state index in [1.807, 2.05) is 0 Å². The van der Waals surface area contributed by atoms with Gasteiger partial charge in [-0.25, -0.2) is 0 Å². The van der Waals surface area contributed by atoms with E-state index in [1.54, 1.807) is 6.92 Å². The lowest BCUT2D eigenvalue weighted by Crippen LogP contribution is -2.39. The van der Waals surface area contributed by atoms with Gasteiger partial charge in [-0.15, -0.1) is 0 Å². The van der Waals surface area contributed by atoms with Crippen molar-refractivity contribution in [2.24, 2.45) is 5.41 Å². The maximum Gasteiger partial charge on any atom is 0.317 e. The Balaban J connectivity index is 4.34. The third-order valence-corrected chi connectivity index (χ3v) is 2.62. The molecule has 5 nitrogen and oxygen atoms in total. The molecule has 0 N–H and O–H groups in total. The van der Waals surface area contributed by atoms with Crippen LogP contribution < -0.4 is 0 Å². The standard InChI is InChI=1S/C11H19BrO5/c1-9(13)17-8-11(2,7-15-3)10(14)16-6-4-5-12/h4-8H2,1-3H3. The van der Waals surface area contributed by atoms with Gasteiger partial charge in [0.25, 0.3) is 0 Å². The molecule has 0 radical (unpaired) electrons. The van der Waals surface area contributed by atoms with E-state index in [4.69, 9.17) is 14.2 Å². The van der Waals surface area contributed by atoms with E-state index in [2.05, 4.69) is 15.9 Å². The van der Waals surface area contributed by atoms with Crippen molar-refractivity contribution in [3.05, 3.63) is 0 Å². The Morgan fingerprint density at radius 1 is 1.24 bits per heavy atom. The van der Waals surface area contributed by atoms with Crippen LogP contribution in [0.3, 0.4) is 0 Å². The third kappa shape index (κ3) is 6.63. The lowest BCUT2D eigenvalue weighted by Gasteiger charge is -2.25. The van der Waals surface area contributed by atoms with Crippen LogP contribution in [0.25, 0.3) is 0 Å². The SMILES string of the molecule is COCC(C)(COC(C)=O)C(=O)OCCCBr. The van der Waals surface area contributed by atoms with Crippen LogP contribution in [0.1, 0.15) is 20.3 Å². The first-order valence-corrected chi connectivity index (χ1v) is 6.44. The van der Waals surface area contributed by atoms with E-state index in [0.717, 1.165) is 11.8 Å². The van der Waals surface area contributed by atoms with Crippen LogP contribution in [0, 0.1) is 5.41 Å². The molecule has 6 heteroatoms. The first-order chi connectivity index (χ1) is 7.96. The number of halogens is 1. The molecule has 0 aliphatic heterocycles. The van der Waals surface area contributed by atoms with Crippen molar-refractivity contribution in [3.63, 3.8) is 0 Å². The van der Waals surface area contributed by atoms with Crippen LogP contribution in [0.2, 0.25) is 0 Å². The molecule has 100 valence electrons. The van der Waals surface area contributed by atoms with Gasteiger partial charge in [-0.05, 0) is 13.3 Å². The molecule has 0 aromatic carbocycles. The van der Waals surface area contributed by atoms with Crippen molar-refractivity contribution in [1.82, 2.24) is 0 Å². The lowest BCUT2D eigenvalue weighted by atomic mass is 9.93. The predicted octanol–water partition coefficient (Wildman–Crippen LogP) is 1.53.